The Bertz CT molecular complexity index is 1410. The zero-order valence-corrected chi connectivity index (χ0v) is 28.4. The molecule has 46 heavy (non-hydrogen) atoms. The quantitative estimate of drug-likeness (QED) is 0.282. The van der Waals surface area contributed by atoms with Crippen molar-refractivity contribution in [2.24, 2.45) is 35.0 Å². The minimum atomic E-state index is -1.45. The molecule has 0 spiro atoms. The van der Waals surface area contributed by atoms with Crippen molar-refractivity contribution in [3.05, 3.63) is 59.7 Å². The van der Waals surface area contributed by atoms with Gasteiger partial charge in [0.15, 0.2) is 0 Å². The Morgan fingerprint density at radius 1 is 1.00 bits per heavy atom. The van der Waals surface area contributed by atoms with E-state index in [1.54, 1.807) is 69.9 Å². The number of aliphatic hydroxyl groups is 2. The van der Waals surface area contributed by atoms with Gasteiger partial charge in [0.25, 0.3) is 5.91 Å². The molecule has 0 saturated heterocycles. The first-order valence-electron chi connectivity index (χ1n) is 16.5. The summed E-state index contributed by atoms with van der Waals surface area (Å²) in [7, 11) is 4.84. The average molecular weight is 638 g/mol. The molecule has 3 aliphatic rings. The number of hydrogen-bond acceptors (Lipinski definition) is 8. The van der Waals surface area contributed by atoms with Crippen molar-refractivity contribution < 1.29 is 38.7 Å². The predicted molar refractivity (Wildman–Crippen MR) is 175 cm³/mol. The van der Waals surface area contributed by atoms with Gasteiger partial charge in [0.05, 0.1) is 30.6 Å². The second-order valence-corrected chi connectivity index (χ2v) is 14.3. The number of rotatable bonds is 10. The monoisotopic (exact) mass is 637 g/mol. The molecule has 9 heteroatoms. The van der Waals surface area contributed by atoms with Crippen LogP contribution in [0.25, 0.3) is 0 Å². The van der Waals surface area contributed by atoms with Gasteiger partial charge in [0.1, 0.15) is 23.1 Å². The average Bonchev–Trinajstić information content (AvgIpc) is 3.45. The number of esters is 1. The highest BCUT2D eigenvalue weighted by atomic mass is 16.5. The van der Waals surface area contributed by atoms with Gasteiger partial charge in [-0.05, 0) is 79.3 Å². The first-order valence-corrected chi connectivity index (χ1v) is 16.5. The van der Waals surface area contributed by atoms with Crippen molar-refractivity contribution in [3.8, 4) is 5.75 Å². The molecule has 4 unspecified atom stereocenters. The molecule has 10 atom stereocenters. The van der Waals surface area contributed by atoms with E-state index in [1.165, 1.54) is 0 Å². The molecule has 3 fully saturated rings. The number of methoxy groups -OCH3 is 3. The van der Waals surface area contributed by atoms with Gasteiger partial charge in [-0.25, -0.2) is 4.79 Å². The summed E-state index contributed by atoms with van der Waals surface area (Å²) in [6.45, 7) is 10.4. The lowest BCUT2D eigenvalue weighted by Gasteiger charge is -2.56. The largest absolute Gasteiger partial charge is 0.497 e. The van der Waals surface area contributed by atoms with Gasteiger partial charge in [-0.2, -0.15) is 0 Å². The Morgan fingerprint density at radius 3 is 2.28 bits per heavy atom. The topological polar surface area (TPSA) is 124 Å². The molecule has 3 saturated carbocycles. The maximum Gasteiger partial charge on any atom is 0.340 e. The van der Waals surface area contributed by atoms with Crippen LogP contribution in [0.4, 0.5) is 5.69 Å². The molecule has 0 radical (unpaired) electrons. The van der Waals surface area contributed by atoms with Crippen LogP contribution in [0.3, 0.4) is 0 Å². The second-order valence-electron chi connectivity index (χ2n) is 14.3. The van der Waals surface area contributed by atoms with Gasteiger partial charge < -0.3 is 34.5 Å². The number of fused-ring (bicyclic) bond motifs is 2. The number of carbonyl (C=O) groups is 2. The maximum absolute atomic E-state index is 13.7. The van der Waals surface area contributed by atoms with Crippen LogP contribution >= 0.6 is 0 Å². The van der Waals surface area contributed by atoms with E-state index >= 15 is 0 Å². The molecule has 2 aromatic rings. The zero-order valence-electron chi connectivity index (χ0n) is 28.4. The first kappa shape index (κ1) is 34.4. The van der Waals surface area contributed by atoms with E-state index in [4.69, 9.17) is 18.9 Å². The van der Waals surface area contributed by atoms with Crippen LogP contribution in [0.2, 0.25) is 0 Å². The Morgan fingerprint density at radius 2 is 1.67 bits per heavy atom. The molecule has 3 aliphatic carbocycles. The van der Waals surface area contributed by atoms with Crippen LogP contribution in [0, 0.1) is 35.0 Å². The number of ether oxygens (including phenoxy) is 4. The van der Waals surface area contributed by atoms with E-state index in [0.717, 1.165) is 6.42 Å². The highest BCUT2D eigenvalue weighted by molar-refractivity contribution is 6.08. The number of amides is 1. The van der Waals surface area contributed by atoms with Crippen molar-refractivity contribution in [3.63, 3.8) is 0 Å². The number of para-hydroxylation sites is 1. The van der Waals surface area contributed by atoms with E-state index in [1.807, 2.05) is 13.8 Å². The number of hydrogen-bond donors (Lipinski definition) is 3. The number of anilines is 1. The Balaban J connectivity index is 1.38. The first-order chi connectivity index (χ1) is 21.8. The molecule has 9 nitrogen and oxygen atoms in total. The molecule has 2 aromatic carbocycles. The lowest BCUT2D eigenvalue weighted by atomic mass is 9.58. The SMILES string of the molecule is CC[C@@H]1C([C@@]2(O)C[C@H](OC)C3CC(C)[C@]2(O)[C@H]3OC)CC([C@H](C)OC(=O)c2ccccc2NC(=O)c2ccc(OC)cc2)C1(C)C. The van der Waals surface area contributed by atoms with Gasteiger partial charge in [-0.3, -0.25) is 4.79 Å². The highest BCUT2D eigenvalue weighted by Gasteiger charge is 2.73. The minimum Gasteiger partial charge on any atom is -0.497 e. The van der Waals surface area contributed by atoms with Crippen molar-refractivity contribution in [1.29, 1.82) is 0 Å². The number of nitrogens with one attached hydrogen (secondary N) is 1. The summed E-state index contributed by atoms with van der Waals surface area (Å²) in [4.78, 5) is 26.7. The van der Waals surface area contributed by atoms with E-state index in [2.05, 4.69) is 26.1 Å². The van der Waals surface area contributed by atoms with E-state index in [-0.39, 0.29) is 52.6 Å². The van der Waals surface area contributed by atoms with Crippen LogP contribution in [0.15, 0.2) is 48.5 Å². The number of carbonyl (C=O) groups excluding carboxylic acids is 2. The molecular weight excluding hydrogens is 586 g/mol. The third-order valence-corrected chi connectivity index (χ3v) is 12.0. The fraction of sp³-hybridized carbons (Fsp3) is 0.622. The molecule has 0 aromatic heterocycles. The Hall–Kier alpha value is -2.98. The van der Waals surface area contributed by atoms with Crippen LogP contribution in [0.1, 0.15) is 81.0 Å². The molecular formula is C37H51NO8. The summed E-state index contributed by atoms with van der Waals surface area (Å²) in [5.74, 6) is -0.742. The summed E-state index contributed by atoms with van der Waals surface area (Å²) in [6, 6.07) is 13.5. The standard InChI is InChI=1S/C37H51NO8/c1-9-27-29(36(41)20-31(44-7)26-18-21(2)37(36,42)32(26)45-8)19-28(35(27,4)5)22(3)46-34(40)25-12-10-11-13-30(25)38-33(39)23-14-16-24(43-6)17-15-23/h10-17,21-22,26-29,31-32,41-42H,9,18-20H2,1-8H3,(H,38,39)/t21?,22-,26?,27+,28?,29?,31-,32-,36-,37-/m0/s1. The van der Waals surface area contributed by atoms with E-state index in [9.17, 15) is 19.8 Å². The lowest BCUT2D eigenvalue weighted by molar-refractivity contribution is -0.279. The minimum absolute atomic E-state index is 0.00530. The summed E-state index contributed by atoms with van der Waals surface area (Å²) in [5.41, 5.74) is -2.15. The summed E-state index contributed by atoms with van der Waals surface area (Å²) >= 11 is 0. The van der Waals surface area contributed by atoms with Crippen LogP contribution in [-0.4, -0.2) is 72.9 Å². The predicted octanol–water partition coefficient (Wildman–Crippen LogP) is 5.73. The van der Waals surface area contributed by atoms with Crippen molar-refractivity contribution in [1.82, 2.24) is 0 Å². The van der Waals surface area contributed by atoms with Gasteiger partial charge >= 0.3 is 5.97 Å². The molecule has 0 heterocycles. The lowest BCUT2D eigenvalue weighted by Crippen LogP contribution is -2.71. The fourth-order valence-corrected chi connectivity index (χ4v) is 9.71. The van der Waals surface area contributed by atoms with Crippen molar-refractivity contribution in [2.75, 3.05) is 26.6 Å². The number of benzene rings is 2. The smallest absolute Gasteiger partial charge is 0.340 e. The molecule has 252 valence electrons. The maximum atomic E-state index is 13.7. The van der Waals surface area contributed by atoms with Crippen LogP contribution in [-0.2, 0) is 14.2 Å². The zero-order chi connectivity index (χ0) is 33.6. The summed E-state index contributed by atoms with van der Waals surface area (Å²) in [6.07, 6.45) is 1.13. The van der Waals surface area contributed by atoms with Crippen LogP contribution in [0.5, 0.6) is 5.75 Å². The normalized spacial score (nSPS) is 35.4. The van der Waals surface area contributed by atoms with Gasteiger partial charge in [-0.1, -0.05) is 46.2 Å². The Labute approximate surface area is 273 Å². The third kappa shape index (κ3) is 5.43. The Kier molecular flexibility index (Phi) is 9.64. The molecule has 0 aliphatic heterocycles. The third-order valence-electron chi connectivity index (χ3n) is 12.0. The molecule has 2 bridgehead atoms. The van der Waals surface area contributed by atoms with Crippen molar-refractivity contribution in [2.45, 2.75) is 89.8 Å². The van der Waals surface area contributed by atoms with Gasteiger partial charge in [-0.15, -0.1) is 0 Å². The fourth-order valence-electron chi connectivity index (χ4n) is 9.71. The molecule has 5 rings (SSSR count). The van der Waals surface area contributed by atoms with Gasteiger partial charge in [0.2, 0.25) is 0 Å². The highest BCUT2D eigenvalue weighted by Crippen LogP contribution is 2.65. The van der Waals surface area contributed by atoms with Crippen molar-refractivity contribution >= 4 is 17.6 Å². The second kappa shape index (κ2) is 12.9. The van der Waals surface area contributed by atoms with Crippen LogP contribution < -0.4 is 10.1 Å². The molecule has 1 amide bonds. The summed E-state index contributed by atoms with van der Waals surface area (Å²) < 4.78 is 23.2. The van der Waals surface area contributed by atoms with E-state index < -0.39 is 29.4 Å². The summed E-state index contributed by atoms with van der Waals surface area (Å²) in [5, 5.41) is 28.0. The van der Waals surface area contributed by atoms with Gasteiger partial charge in [0, 0.05) is 38.0 Å². The van der Waals surface area contributed by atoms with E-state index in [0.29, 0.717) is 36.3 Å². The molecule has 3 N–H and O–H groups in total.